The van der Waals surface area contributed by atoms with Crippen LogP contribution in [0.4, 0.5) is 0 Å². The van der Waals surface area contributed by atoms with Crippen molar-refractivity contribution in [2.24, 2.45) is 28.3 Å². The largest absolute Gasteiger partial charge is 0.370 e. The first kappa shape index (κ1) is 15.6. The number of fused-ring (bicyclic) bond motifs is 1. The Morgan fingerprint density at radius 1 is 1.45 bits per heavy atom. The number of piperidine rings is 1. The zero-order valence-corrected chi connectivity index (χ0v) is 13.8. The van der Waals surface area contributed by atoms with Crippen molar-refractivity contribution < 1.29 is 0 Å². The second-order valence-corrected chi connectivity index (χ2v) is 7.44. The van der Waals surface area contributed by atoms with Crippen LogP contribution in [0.5, 0.6) is 0 Å². The molecule has 0 aromatic rings. The van der Waals surface area contributed by atoms with Crippen LogP contribution in [0, 0.1) is 11.8 Å². The third kappa shape index (κ3) is 3.38. The molecule has 2 fully saturated rings. The Balaban J connectivity index is 1.71. The molecule has 0 aromatic carbocycles. The van der Waals surface area contributed by atoms with Crippen molar-refractivity contribution in [1.82, 2.24) is 15.5 Å². The highest BCUT2D eigenvalue weighted by Crippen LogP contribution is 2.29. The lowest BCUT2D eigenvalue weighted by Gasteiger charge is -2.33. The zero-order chi connectivity index (χ0) is 15.7. The summed E-state index contributed by atoms with van der Waals surface area (Å²) in [4.78, 5) is 6.82. The van der Waals surface area contributed by atoms with Gasteiger partial charge in [0.1, 0.15) is 11.5 Å². The highest BCUT2D eigenvalue weighted by atomic mass is 15.3. The summed E-state index contributed by atoms with van der Waals surface area (Å²) in [6.45, 7) is 7.65. The number of nitrogens with one attached hydrogen (secondary N) is 2. The van der Waals surface area contributed by atoms with Gasteiger partial charge < -0.3 is 27.0 Å². The maximum Gasteiger partial charge on any atom is 0.196 e. The average Bonchev–Trinajstić information content (AvgIpc) is 2.88. The van der Waals surface area contributed by atoms with E-state index in [9.17, 15) is 0 Å². The lowest BCUT2D eigenvalue weighted by molar-refractivity contribution is 0.336. The number of rotatable bonds is 4. The van der Waals surface area contributed by atoms with E-state index >= 15 is 0 Å². The maximum atomic E-state index is 6.48. The fraction of sp³-hybridized carbons (Fsp3) is 0.812. The molecule has 124 valence electrons. The van der Waals surface area contributed by atoms with Gasteiger partial charge in [0.25, 0.3) is 0 Å². The zero-order valence-electron chi connectivity index (χ0n) is 13.8. The molecule has 6 N–H and O–H groups in total. The molecule has 6 heteroatoms. The topological polar surface area (TPSA) is 91.7 Å². The Kier molecular flexibility index (Phi) is 4.32. The molecule has 3 heterocycles. The lowest BCUT2D eigenvalue weighted by Crippen LogP contribution is -2.50. The number of nitrogens with two attached hydrogens (primary N) is 2. The minimum absolute atomic E-state index is 0.437. The van der Waals surface area contributed by atoms with Gasteiger partial charge in [-0.2, -0.15) is 0 Å². The van der Waals surface area contributed by atoms with E-state index in [0.717, 1.165) is 44.2 Å². The average molecular weight is 306 g/mol. The summed E-state index contributed by atoms with van der Waals surface area (Å²) in [7, 11) is 0. The van der Waals surface area contributed by atoms with E-state index in [1.54, 1.807) is 0 Å². The van der Waals surface area contributed by atoms with Gasteiger partial charge in [0, 0.05) is 19.1 Å². The fourth-order valence-electron chi connectivity index (χ4n) is 3.75. The van der Waals surface area contributed by atoms with E-state index < -0.39 is 5.66 Å². The van der Waals surface area contributed by atoms with E-state index in [0.29, 0.717) is 17.9 Å². The maximum absolute atomic E-state index is 6.48. The summed E-state index contributed by atoms with van der Waals surface area (Å²) in [5.74, 6) is 2.82. The van der Waals surface area contributed by atoms with Crippen LogP contribution in [0.15, 0.2) is 16.9 Å². The molecule has 3 atom stereocenters. The summed E-state index contributed by atoms with van der Waals surface area (Å²) in [6.07, 6.45) is 6.54. The van der Waals surface area contributed by atoms with Crippen LogP contribution in [-0.4, -0.2) is 42.2 Å². The second-order valence-electron chi connectivity index (χ2n) is 7.44. The molecule has 0 aromatic heterocycles. The van der Waals surface area contributed by atoms with Crippen LogP contribution in [-0.2, 0) is 0 Å². The Morgan fingerprint density at radius 3 is 3.00 bits per heavy atom. The second kappa shape index (κ2) is 6.08. The molecule has 0 amide bonds. The Hall–Kier alpha value is -1.27. The number of aliphatic imine (C=N–C) groups is 1. The van der Waals surface area contributed by atoms with E-state index in [4.69, 9.17) is 11.5 Å². The van der Waals surface area contributed by atoms with Crippen LogP contribution < -0.4 is 22.1 Å². The van der Waals surface area contributed by atoms with Crippen molar-refractivity contribution in [2.45, 2.75) is 51.2 Å². The molecular weight excluding hydrogens is 276 g/mol. The first-order valence-corrected chi connectivity index (χ1v) is 8.57. The molecule has 6 nitrogen and oxygen atoms in total. The summed E-state index contributed by atoms with van der Waals surface area (Å²) in [5, 5.41) is 6.85. The summed E-state index contributed by atoms with van der Waals surface area (Å²) < 4.78 is 0. The van der Waals surface area contributed by atoms with Crippen LogP contribution in [0.25, 0.3) is 0 Å². The molecular formula is C16H30N6. The third-order valence-electron chi connectivity index (χ3n) is 5.03. The first-order chi connectivity index (χ1) is 10.5. The standard InChI is InChI=1S/C16H30N6/c1-11(2)5-6-16(18)8-14(20-15(17)21-16)22-9-12-4-3-7-19-13(12)10-22/h8,11-13,19H,3-7,9-10,18H2,1-2H3,(H3,17,20,21). The molecule has 3 aliphatic heterocycles. The number of hydrogen-bond acceptors (Lipinski definition) is 6. The molecule has 22 heavy (non-hydrogen) atoms. The quantitative estimate of drug-likeness (QED) is 0.608. The molecule has 0 saturated carbocycles. The number of guanidine groups is 1. The summed E-state index contributed by atoms with van der Waals surface area (Å²) in [5.41, 5.74) is 11.8. The fourth-order valence-corrected chi connectivity index (χ4v) is 3.75. The van der Waals surface area contributed by atoms with Crippen molar-refractivity contribution in [2.75, 3.05) is 19.6 Å². The predicted molar refractivity (Wildman–Crippen MR) is 89.9 cm³/mol. The van der Waals surface area contributed by atoms with Gasteiger partial charge in [-0.05, 0) is 50.1 Å². The molecule has 0 radical (unpaired) electrons. The summed E-state index contributed by atoms with van der Waals surface area (Å²) in [6, 6.07) is 0.597. The van der Waals surface area contributed by atoms with Crippen LogP contribution in [0.2, 0.25) is 0 Å². The van der Waals surface area contributed by atoms with Gasteiger partial charge in [-0.15, -0.1) is 0 Å². The lowest BCUT2D eigenvalue weighted by atomic mass is 9.94. The van der Waals surface area contributed by atoms with Gasteiger partial charge in [0.15, 0.2) is 5.96 Å². The molecule has 3 unspecified atom stereocenters. The van der Waals surface area contributed by atoms with Gasteiger partial charge >= 0.3 is 0 Å². The Labute approximate surface area is 133 Å². The third-order valence-corrected chi connectivity index (χ3v) is 5.03. The van der Waals surface area contributed by atoms with Gasteiger partial charge in [0.2, 0.25) is 0 Å². The van der Waals surface area contributed by atoms with E-state index in [1.165, 1.54) is 12.8 Å². The van der Waals surface area contributed by atoms with Crippen molar-refractivity contribution in [3.63, 3.8) is 0 Å². The van der Waals surface area contributed by atoms with Gasteiger partial charge in [-0.1, -0.05) is 13.8 Å². The van der Waals surface area contributed by atoms with Gasteiger partial charge in [-0.25, -0.2) is 4.99 Å². The Bertz CT molecular complexity index is 457. The molecule has 3 aliphatic rings. The van der Waals surface area contributed by atoms with Gasteiger partial charge in [-0.3, -0.25) is 0 Å². The minimum Gasteiger partial charge on any atom is -0.370 e. The number of likely N-dealkylation sites (tertiary alicyclic amines) is 1. The Morgan fingerprint density at radius 2 is 2.27 bits per heavy atom. The summed E-state index contributed by atoms with van der Waals surface area (Å²) >= 11 is 0. The van der Waals surface area contributed by atoms with Crippen LogP contribution in [0.3, 0.4) is 0 Å². The van der Waals surface area contributed by atoms with E-state index in [-0.39, 0.29) is 0 Å². The normalized spacial score (nSPS) is 35.0. The molecule has 0 bridgehead atoms. The molecule has 0 aliphatic carbocycles. The predicted octanol–water partition coefficient (Wildman–Crippen LogP) is 0.521. The minimum atomic E-state index is -0.671. The van der Waals surface area contributed by atoms with Gasteiger partial charge in [0.05, 0.1) is 0 Å². The van der Waals surface area contributed by atoms with Crippen molar-refractivity contribution in [1.29, 1.82) is 0 Å². The SMILES string of the molecule is CC(C)CCC1(N)C=C(N2CC3CCCNC3C2)NC(N)=N1. The van der Waals surface area contributed by atoms with Crippen LogP contribution in [0.1, 0.15) is 39.5 Å². The monoisotopic (exact) mass is 306 g/mol. The van der Waals surface area contributed by atoms with Crippen molar-refractivity contribution in [3.8, 4) is 0 Å². The van der Waals surface area contributed by atoms with E-state index in [2.05, 4.69) is 40.4 Å². The highest BCUT2D eigenvalue weighted by molar-refractivity contribution is 5.81. The first-order valence-electron chi connectivity index (χ1n) is 8.57. The number of nitrogens with zero attached hydrogens (tertiary/aromatic N) is 2. The van der Waals surface area contributed by atoms with E-state index in [1.807, 2.05) is 0 Å². The number of hydrogen-bond donors (Lipinski definition) is 4. The van der Waals surface area contributed by atoms with Crippen molar-refractivity contribution in [3.05, 3.63) is 11.9 Å². The molecule has 0 spiro atoms. The molecule has 2 saturated heterocycles. The smallest absolute Gasteiger partial charge is 0.196 e. The van der Waals surface area contributed by atoms with Crippen molar-refractivity contribution >= 4 is 5.96 Å². The molecule has 3 rings (SSSR count). The van der Waals surface area contributed by atoms with Crippen LogP contribution >= 0.6 is 0 Å². The highest BCUT2D eigenvalue weighted by Gasteiger charge is 2.37.